The third-order valence-corrected chi connectivity index (χ3v) is 10.5. The van der Waals surface area contributed by atoms with Crippen LogP contribution in [-0.2, 0) is 20.9 Å². The van der Waals surface area contributed by atoms with Crippen molar-refractivity contribution in [2.24, 2.45) is 11.8 Å². The first-order valence-corrected chi connectivity index (χ1v) is 14.7. The van der Waals surface area contributed by atoms with Crippen molar-refractivity contribution in [2.45, 2.75) is 68.2 Å². The quantitative estimate of drug-likeness (QED) is 0.515. The number of carbonyl (C=O) groups excluding carboxylic acids is 3. The largest absolute Gasteiger partial charge is 0.394 e. The smallest absolute Gasteiger partial charge is 0.247 e. The first-order valence-electron chi connectivity index (χ1n) is 13.9. The summed E-state index contributed by atoms with van der Waals surface area (Å²) in [5, 5.41) is 10.3. The van der Waals surface area contributed by atoms with Crippen LogP contribution in [-0.4, -0.2) is 85.3 Å². The molecule has 1 aromatic carbocycles. The third-order valence-electron chi connectivity index (χ3n) is 8.73. The maximum Gasteiger partial charge on any atom is 0.247 e. The molecule has 5 rings (SSSR count). The highest BCUT2D eigenvalue weighted by atomic mass is 32.2. The maximum atomic E-state index is 14.4. The molecule has 1 unspecified atom stereocenters. The molecule has 204 valence electrons. The van der Waals surface area contributed by atoms with Crippen molar-refractivity contribution in [3.63, 3.8) is 0 Å². The molecule has 1 spiro atoms. The van der Waals surface area contributed by atoms with Crippen LogP contribution in [0.2, 0.25) is 0 Å². The molecule has 2 fully saturated rings. The molecular formula is C30H39N3O4S. The predicted octanol–water partition coefficient (Wildman–Crippen LogP) is 3.24. The van der Waals surface area contributed by atoms with Crippen molar-refractivity contribution in [3.8, 4) is 0 Å². The molecule has 3 amide bonds. The average molecular weight is 538 g/mol. The zero-order chi connectivity index (χ0) is 27.1. The number of aliphatic hydroxyl groups excluding tert-OH is 1. The van der Waals surface area contributed by atoms with Crippen LogP contribution in [0.3, 0.4) is 0 Å². The molecule has 1 N–H and O–H groups in total. The number of likely N-dealkylation sites (tertiary alicyclic amines) is 1. The van der Waals surface area contributed by atoms with Crippen molar-refractivity contribution in [1.29, 1.82) is 0 Å². The number of benzene rings is 1. The lowest BCUT2D eigenvalue weighted by atomic mass is 9.74. The first kappa shape index (κ1) is 27.0. The summed E-state index contributed by atoms with van der Waals surface area (Å²) in [5.41, 5.74) is 1.04. The number of fused-ring (bicyclic) bond motifs is 2. The number of hydrogen-bond acceptors (Lipinski definition) is 5. The molecule has 7 nitrogen and oxygen atoms in total. The fraction of sp³-hybridized carbons (Fsp3) is 0.567. The highest BCUT2D eigenvalue weighted by Gasteiger charge is 2.74. The van der Waals surface area contributed by atoms with E-state index >= 15 is 0 Å². The highest BCUT2D eigenvalue weighted by Crippen LogP contribution is 2.65. The fourth-order valence-electron chi connectivity index (χ4n) is 6.86. The predicted molar refractivity (Wildman–Crippen MR) is 149 cm³/mol. The Morgan fingerprint density at radius 1 is 0.974 bits per heavy atom. The van der Waals surface area contributed by atoms with Gasteiger partial charge < -0.3 is 19.8 Å². The summed E-state index contributed by atoms with van der Waals surface area (Å²) in [6, 6.07) is 8.69. The monoisotopic (exact) mass is 537 g/mol. The van der Waals surface area contributed by atoms with E-state index in [0.717, 1.165) is 18.4 Å². The van der Waals surface area contributed by atoms with Gasteiger partial charge in [0.1, 0.15) is 6.04 Å². The van der Waals surface area contributed by atoms with E-state index in [2.05, 4.69) is 19.1 Å². The fourth-order valence-corrected chi connectivity index (χ4v) is 9.01. The minimum atomic E-state index is -0.868. The Bertz CT molecular complexity index is 1140. The van der Waals surface area contributed by atoms with E-state index in [1.165, 1.54) is 0 Å². The minimum Gasteiger partial charge on any atom is -0.394 e. The average Bonchev–Trinajstić information content (AvgIpc) is 3.19. The van der Waals surface area contributed by atoms with Crippen LogP contribution in [0.25, 0.3) is 0 Å². The van der Waals surface area contributed by atoms with Gasteiger partial charge in [-0.05, 0) is 25.3 Å². The summed E-state index contributed by atoms with van der Waals surface area (Å²) in [7, 11) is 0. The third kappa shape index (κ3) is 4.20. The van der Waals surface area contributed by atoms with Gasteiger partial charge in [-0.15, -0.1) is 11.8 Å². The van der Waals surface area contributed by atoms with E-state index in [1.54, 1.807) is 16.7 Å². The second-order valence-electron chi connectivity index (χ2n) is 11.1. The highest BCUT2D eigenvalue weighted by molar-refractivity contribution is 8.02. The number of rotatable bonds is 8. The van der Waals surface area contributed by atoms with Gasteiger partial charge in [-0.3, -0.25) is 14.4 Å². The van der Waals surface area contributed by atoms with Crippen LogP contribution in [0, 0.1) is 11.8 Å². The van der Waals surface area contributed by atoms with Gasteiger partial charge in [0.15, 0.2) is 0 Å². The molecule has 0 aromatic heterocycles. The van der Waals surface area contributed by atoms with Crippen LogP contribution < -0.4 is 0 Å². The van der Waals surface area contributed by atoms with Gasteiger partial charge in [0.25, 0.3) is 0 Å². The number of unbranched alkanes of at least 4 members (excludes halogenated alkanes) is 1. The zero-order valence-corrected chi connectivity index (χ0v) is 23.4. The van der Waals surface area contributed by atoms with Gasteiger partial charge >= 0.3 is 0 Å². The molecular weight excluding hydrogens is 498 g/mol. The standard InChI is InChI=1S/C30H39N3O4S/c1-4-6-16-31-17-11-15-30-24(27(36)33(22(5-2)20-34)25(30)28(31)37)23-26(35)32(18-10-14-29(23,3)38-30)19-21-12-8-7-9-13-21/h7-15,22-25,34H,4-6,16-20H2,1-3H3/t22-,23-,24-,25?,29+,30-/m0/s1. The van der Waals surface area contributed by atoms with Gasteiger partial charge in [0.2, 0.25) is 17.7 Å². The summed E-state index contributed by atoms with van der Waals surface area (Å²) in [4.78, 5) is 48.3. The van der Waals surface area contributed by atoms with Crippen molar-refractivity contribution < 1.29 is 19.5 Å². The van der Waals surface area contributed by atoms with Crippen LogP contribution in [0.5, 0.6) is 0 Å². The SMILES string of the molecule is CCCCN1CC=C[C@]23S[C@]4(C)C=CCN(Cc5ccccc5)C(=O)[C@@H]4[C@H]2C(=O)N([C@@H](CC)CO)C3C1=O. The lowest BCUT2D eigenvalue weighted by molar-refractivity contribution is -0.147. The van der Waals surface area contributed by atoms with Crippen molar-refractivity contribution in [3.05, 3.63) is 60.2 Å². The van der Waals surface area contributed by atoms with Crippen LogP contribution in [0.15, 0.2) is 54.6 Å². The van der Waals surface area contributed by atoms with Gasteiger partial charge in [0, 0.05) is 30.9 Å². The Morgan fingerprint density at radius 3 is 2.37 bits per heavy atom. The van der Waals surface area contributed by atoms with Crippen LogP contribution in [0.1, 0.15) is 45.6 Å². The number of nitrogens with zero attached hydrogens (tertiary/aromatic N) is 3. The van der Waals surface area contributed by atoms with Crippen molar-refractivity contribution in [2.75, 3.05) is 26.2 Å². The summed E-state index contributed by atoms with van der Waals surface area (Å²) >= 11 is 1.60. The van der Waals surface area contributed by atoms with Crippen molar-refractivity contribution in [1.82, 2.24) is 14.7 Å². The van der Waals surface area contributed by atoms with E-state index < -0.39 is 33.4 Å². The van der Waals surface area contributed by atoms with E-state index in [9.17, 15) is 19.5 Å². The number of carbonyl (C=O) groups is 3. The summed E-state index contributed by atoms with van der Waals surface area (Å²) in [6.07, 6.45) is 10.6. The van der Waals surface area contributed by atoms with Crippen LogP contribution in [0.4, 0.5) is 0 Å². The Kier molecular flexibility index (Phi) is 7.48. The van der Waals surface area contributed by atoms with E-state index in [0.29, 0.717) is 32.6 Å². The summed E-state index contributed by atoms with van der Waals surface area (Å²) in [5.74, 6) is -1.59. The normalized spacial score (nSPS) is 33.2. The van der Waals surface area contributed by atoms with Crippen molar-refractivity contribution >= 4 is 29.5 Å². The van der Waals surface area contributed by atoms with Gasteiger partial charge in [0.05, 0.1) is 29.2 Å². The molecule has 0 bridgehead atoms. The van der Waals surface area contributed by atoms with Gasteiger partial charge in [-0.2, -0.15) is 0 Å². The molecule has 8 heteroatoms. The maximum absolute atomic E-state index is 14.4. The van der Waals surface area contributed by atoms with E-state index in [-0.39, 0.29) is 24.3 Å². The molecule has 0 aliphatic carbocycles. The molecule has 38 heavy (non-hydrogen) atoms. The summed E-state index contributed by atoms with van der Waals surface area (Å²) < 4.78 is -1.50. The Morgan fingerprint density at radius 2 is 1.68 bits per heavy atom. The van der Waals surface area contributed by atoms with Gasteiger partial charge in [-0.25, -0.2) is 0 Å². The first-order chi connectivity index (χ1) is 18.3. The second kappa shape index (κ2) is 10.5. The molecule has 6 atom stereocenters. The second-order valence-corrected chi connectivity index (χ2v) is 12.9. The van der Waals surface area contributed by atoms with Gasteiger partial charge in [-0.1, -0.05) is 74.9 Å². The summed E-state index contributed by atoms with van der Waals surface area (Å²) in [6.45, 7) is 7.93. The zero-order valence-electron chi connectivity index (χ0n) is 22.6. The van der Waals surface area contributed by atoms with E-state index in [4.69, 9.17) is 0 Å². The number of amides is 3. The Labute approximate surface area is 229 Å². The van der Waals surface area contributed by atoms with Crippen LogP contribution >= 0.6 is 11.8 Å². The number of thioether (sulfide) groups is 1. The molecule has 1 aromatic rings. The topological polar surface area (TPSA) is 81.2 Å². The molecule has 4 heterocycles. The minimum absolute atomic E-state index is 0.0466. The molecule has 4 aliphatic heterocycles. The lowest BCUT2D eigenvalue weighted by Crippen LogP contribution is -2.56. The lowest BCUT2D eigenvalue weighted by Gasteiger charge is -2.39. The molecule has 0 saturated carbocycles. The number of aliphatic hydroxyl groups is 1. The Hall–Kier alpha value is -2.58. The van der Waals surface area contributed by atoms with E-state index in [1.807, 2.05) is 66.1 Å². The Balaban J connectivity index is 1.59. The molecule has 2 saturated heterocycles. The molecule has 0 radical (unpaired) electrons. The number of hydrogen-bond donors (Lipinski definition) is 1. The molecule has 4 aliphatic rings.